The number of aromatic nitrogens is 3. The number of rotatable bonds is 5. The quantitative estimate of drug-likeness (QED) is 0.708. The molecule has 1 atom stereocenters. The number of nitriles is 1. The number of hydrogen-bond acceptors (Lipinski definition) is 6. The number of anilines is 1. The maximum absolute atomic E-state index is 12.4. The number of carbonyl (C=O) groups excluding carboxylic acids is 1. The first-order valence-corrected chi connectivity index (χ1v) is 8.37. The summed E-state index contributed by atoms with van der Waals surface area (Å²) in [6.45, 7) is 1.79. The number of amides is 1. The number of carbonyl (C=O) groups is 1. The molecule has 0 spiro atoms. The van der Waals surface area contributed by atoms with Crippen LogP contribution in [0.3, 0.4) is 0 Å². The SMILES string of the molecule is C[C@@H](Sc1nnc(-c2ccco2)n1C)C(=O)Nc1cccc(C#N)c1. The van der Waals surface area contributed by atoms with Crippen molar-refractivity contribution >= 4 is 23.4 Å². The molecule has 0 aliphatic heterocycles. The van der Waals surface area contributed by atoms with Crippen LogP contribution in [0.1, 0.15) is 12.5 Å². The highest BCUT2D eigenvalue weighted by molar-refractivity contribution is 8.00. The van der Waals surface area contributed by atoms with E-state index in [9.17, 15) is 4.79 Å². The molecule has 2 aromatic heterocycles. The first kappa shape index (κ1) is 16.8. The molecule has 0 aliphatic rings. The van der Waals surface area contributed by atoms with Crippen LogP contribution < -0.4 is 5.32 Å². The molecule has 1 aromatic carbocycles. The number of nitrogens with one attached hydrogen (secondary N) is 1. The number of benzene rings is 1. The Bertz CT molecular complexity index is 927. The molecule has 0 bridgehead atoms. The van der Waals surface area contributed by atoms with Crippen LogP contribution in [0.5, 0.6) is 0 Å². The maximum Gasteiger partial charge on any atom is 0.237 e. The minimum atomic E-state index is -0.391. The minimum absolute atomic E-state index is 0.178. The molecule has 3 aromatic rings. The predicted octanol–water partition coefficient (Wildman–Crippen LogP) is 3.07. The van der Waals surface area contributed by atoms with Gasteiger partial charge in [-0.05, 0) is 37.3 Å². The standard InChI is InChI=1S/C17H15N5O2S/c1-11(16(23)19-13-6-3-5-12(9-13)10-18)25-17-21-20-15(22(17)2)14-7-4-8-24-14/h3-9,11H,1-2H3,(H,19,23)/t11-/m1/s1. The van der Waals surface area contributed by atoms with Crippen molar-refractivity contribution in [1.29, 1.82) is 5.26 Å². The van der Waals surface area contributed by atoms with E-state index < -0.39 is 5.25 Å². The second-order valence-electron chi connectivity index (χ2n) is 5.28. The number of thioether (sulfide) groups is 1. The van der Waals surface area contributed by atoms with Crippen LogP contribution in [0.2, 0.25) is 0 Å². The summed E-state index contributed by atoms with van der Waals surface area (Å²) in [6, 6.07) is 12.4. The average molecular weight is 353 g/mol. The van der Waals surface area contributed by atoms with Crippen molar-refractivity contribution in [2.24, 2.45) is 7.05 Å². The van der Waals surface area contributed by atoms with E-state index in [0.717, 1.165) is 0 Å². The summed E-state index contributed by atoms with van der Waals surface area (Å²) in [6.07, 6.45) is 1.57. The Morgan fingerprint density at radius 1 is 1.36 bits per heavy atom. The van der Waals surface area contributed by atoms with Crippen molar-refractivity contribution in [3.63, 3.8) is 0 Å². The fraction of sp³-hybridized carbons (Fsp3) is 0.176. The molecule has 0 saturated carbocycles. The van der Waals surface area contributed by atoms with Crippen molar-refractivity contribution in [2.45, 2.75) is 17.3 Å². The van der Waals surface area contributed by atoms with Crippen molar-refractivity contribution in [3.8, 4) is 17.7 Å². The van der Waals surface area contributed by atoms with Crippen LogP contribution in [-0.4, -0.2) is 25.9 Å². The second-order valence-corrected chi connectivity index (χ2v) is 6.59. The lowest BCUT2D eigenvalue weighted by molar-refractivity contribution is -0.115. The van der Waals surface area contributed by atoms with Gasteiger partial charge in [-0.1, -0.05) is 17.8 Å². The first-order valence-electron chi connectivity index (χ1n) is 7.49. The zero-order chi connectivity index (χ0) is 17.8. The van der Waals surface area contributed by atoms with Gasteiger partial charge in [-0.2, -0.15) is 5.26 Å². The van der Waals surface area contributed by atoms with Gasteiger partial charge >= 0.3 is 0 Å². The lowest BCUT2D eigenvalue weighted by Crippen LogP contribution is -2.22. The third-order valence-electron chi connectivity index (χ3n) is 3.49. The van der Waals surface area contributed by atoms with Gasteiger partial charge in [0.05, 0.1) is 23.1 Å². The van der Waals surface area contributed by atoms with Gasteiger partial charge in [-0.15, -0.1) is 10.2 Å². The zero-order valence-corrected chi connectivity index (χ0v) is 14.4. The molecule has 0 unspecified atom stereocenters. The van der Waals surface area contributed by atoms with Crippen LogP contribution in [0.25, 0.3) is 11.6 Å². The molecule has 8 heteroatoms. The van der Waals surface area contributed by atoms with Gasteiger partial charge in [0, 0.05) is 12.7 Å². The number of hydrogen-bond donors (Lipinski definition) is 1. The molecule has 1 amide bonds. The zero-order valence-electron chi connectivity index (χ0n) is 13.6. The van der Waals surface area contributed by atoms with Gasteiger partial charge in [-0.3, -0.25) is 4.79 Å². The molecule has 0 radical (unpaired) electrons. The highest BCUT2D eigenvalue weighted by atomic mass is 32.2. The number of nitrogens with zero attached hydrogens (tertiary/aromatic N) is 4. The summed E-state index contributed by atoms with van der Waals surface area (Å²) < 4.78 is 7.11. The van der Waals surface area contributed by atoms with E-state index in [4.69, 9.17) is 9.68 Å². The molecule has 0 aliphatic carbocycles. The normalized spacial score (nSPS) is 11.7. The van der Waals surface area contributed by atoms with Crippen LogP contribution in [0, 0.1) is 11.3 Å². The summed E-state index contributed by atoms with van der Waals surface area (Å²) >= 11 is 1.30. The van der Waals surface area contributed by atoms with Crippen molar-refractivity contribution < 1.29 is 9.21 Å². The Labute approximate surface area is 148 Å². The monoisotopic (exact) mass is 353 g/mol. The lowest BCUT2D eigenvalue weighted by atomic mass is 10.2. The summed E-state index contributed by atoms with van der Waals surface area (Å²) in [5.41, 5.74) is 1.08. The highest BCUT2D eigenvalue weighted by Crippen LogP contribution is 2.26. The van der Waals surface area contributed by atoms with E-state index in [1.807, 2.05) is 13.1 Å². The number of furan rings is 1. The smallest absolute Gasteiger partial charge is 0.237 e. The first-order chi connectivity index (χ1) is 12.1. The van der Waals surface area contributed by atoms with E-state index in [2.05, 4.69) is 15.5 Å². The molecule has 25 heavy (non-hydrogen) atoms. The molecule has 2 heterocycles. The Morgan fingerprint density at radius 2 is 2.20 bits per heavy atom. The molecule has 0 fully saturated rings. The summed E-state index contributed by atoms with van der Waals surface area (Å²) in [7, 11) is 1.82. The highest BCUT2D eigenvalue weighted by Gasteiger charge is 2.20. The van der Waals surface area contributed by atoms with E-state index in [0.29, 0.717) is 28.0 Å². The van der Waals surface area contributed by atoms with Gasteiger partial charge in [-0.25, -0.2) is 0 Å². The van der Waals surface area contributed by atoms with Gasteiger partial charge < -0.3 is 14.3 Å². The fourth-order valence-corrected chi connectivity index (χ4v) is 2.97. The van der Waals surface area contributed by atoms with E-state index >= 15 is 0 Å². The third kappa shape index (κ3) is 3.72. The molecular formula is C17H15N5O2S. The summed E-state index contributed by atoms with van der Waals surface area (Å²) in [4.78, 5) is 12.4. The summed E-state index contributed by atoms with van der Waals surface area (Å²) in [5, 5.41) is 20.2. The van der Waals surface area contributed by atoms with Crippen molar-refractivity contribution in [3.05, 3.63) is 48.2 Å². The minimum Gasteiger partial charge on any atom is -0.461 e. The van der Waals surface area contributed by atoms with Crippen LogP contribution >= 0.6 is 11.8 Å². The third-order valence-corrected chi connectivity index (χ3v) is 4.62. The lowest BCUT2D eigenvalue weighted by Gasteiger charge is -2.11. The Balaban J connectivity index is 1.69. The fourth-order valence-electron chi connectivity index (χ4n) is 2.16. The van der Waals surface area contributed by atoms with Crippen LogP contribution in [0.4, 0.5) is 5.69 Å². The average Bonchev–Trinajstić information content (AvgIpc) is 3.25. The molecular weight excluding hydrogens is 338 g/mol. The van der Waals surface area contributed by atoms with Gasteiger partial charge in [0.1, 0.15) is 0 Å². The molecule has 1 N–H and O–H groups in total. The largest absolute Gasteiger partial charge is 0.461 e. The molecule has 0 saturated heterocycles. The predicted molar refractivity (Wildman–Crippen MR) is 93.8 cm³/mol. The van der Waals surface area contributed by atoms with Crippen LogP contribution in [0.15, 0.2) is 52.2 Å². The Morgan fingerprint density at radius 3 is 2.92 bits per heavy atom. The van der Waals surface area contributed by atoms with E-state index in [-0.39, 0.29) is 5.91 Å². The topological polar surface area (TPSA) is 96.7 Å². The second kappa shape index (κ2) is 7.23. The van der Waals surface area contributed by atoms with E-state index in [1.165, 1.54) is 11.8 Å². The van der Waals surface area contributed by atoms with Gasteiger partial charge in [0.2, 0.25) is 5.91 Å². The van der Waals surface area contributed by atoms with Crippen molar-refractivity contribution in [2.75, 3.05) is 5.32 Å². The Hall–Kier alpha value is -3.05. The van der Waals surface area contributed by atoms with E-state index in [1.54, 1.807) is 54.2 Å². The van der Waals surface area contributed by atoms with Crippen LogP contribution in [-0.2, 0) is 11.8 Å². The van der Waals surface area contributed by atoms with Gasteiger partial charge in [0.25, 0.3) is 0 Å². The summed E-state index contributed by atoms with van der Waals surface area (Å²) in [5.74, 6) is 1.04. The molecule has 7 nitrogen and oxygen atoms in total. The maximum atomic E-state index is 12.4. The Kier molecular flexibility index (Phi) is 4.86. The molecule has 3 rings (SSSR count). The van der Waals surface area contributed by atoms with Gasteiger partial charge in [0.15, 0.2) is 16.7 Å². The van der Waals surface area contributed by atoms with Crippen molar-refractivity contribution in [1.82, 2.24) is 14.8 Å². The molecule has 126 valence electrons.